The molecule has 0 spiro atoms. The van der Waals surface area contributed by atoms with Crippen LogP contribution in [-0.2, 0) is 75.8 Å². The van der Waals surface area contributed by atoms with E-state index in [4.69, 9.17) is 75.8 Å². The van der Waals surface area contributed by atoms with Crippen LogP contribution < -0.4 is 0 Å². The van der Waals surface area contributed by atoms with Gasteiger partial charge in [-0.15, -0.1) is 0 Å². The van der Waals surface area contributed by atoms with Crippen LogP contribution in [0.5, 0.6) is 0 Å². The van der Waals surface area contributed by atoms with Gasteiger partial charge in [-0.1, -0.05) is 5.11 Å². The Morgan fingerprint density at radius 1 is 0.211 bits per heavy atom. The zero-order valence-electron chi connectivity index (χ0n) is 46.9. The van der Waals surface area contributed by atoms with Crippen molar-refractivity contribution in [2.75, 3.05) is 52.9 Å². The molecule has 0 aromatic carbocycles. The van der Waals surface area contributed by atoms with Crippen molar-refractivity contribution in [2.24, 2.45) is 5.11 Å². The Morgan fingerprint density at radius 3 is 0.511 bits per heavy atom. The highest BCUT2D eigenvalue weighted by atomic mass is 16.8. The van der Waals surface area contributed by atoms with Crippen LogP contribution in [-0.4, -0.2) is 416 Å². The van der Waals surface area contributed by atoms with E-state index >= 15 is 0 Å². The molecule has 90 heavy (non-hydrogen) atoms. The molecule has 0 aromatic rings. The number of hydrogen-bond acceptors (Lipinski definition) is 40. The SMILES string of the molecule is [N-]=[N+]=N[C@H]1[C@H](O)[C@H]2O[C@H]3[C@H](O)[C@@H](O)[C@@H](O[C@H]4[C@H](O)[C@@H](O)[C@@H](O[C@H]5[C@H](O)[C@@H](O)[C@@H](O[C@H]6[C@H](O)[C@@H](O)[C@@H](O[C@H]7[C@H](O)[C@@H](O)[C@@H](O[C@H]8[C@H](O)[C@@H](O)[C@@H](O[C@H]9[C@H](O)[C@@H](O)[C@@H](O[C@@H]1[C@@H](CO)O2)O[C@@H]9CO)O[C@@H]8CO)O[C@H]7CO)O[C@@H]6CO)O[C@@H]5CO)O[C@@H]4CO)O[C@@H]3CO. The summed E-state index contributed by atoms with van der Waals surface area (Å²) < 4.78 is 91.5. The number of nitrogens with zero attached hydrogens (tertiary/aromatic N) is 3. The Kier molecular flexibility index (Phi) is 24.7. The molecule has 23 N–H and O–H groups in total. The van der Waals surface area contributed by atoms with E-state index in [-0.39, 0.29) is 0 Å². The summed E-state index contributed by atoms with van der Waals surface area (Å²) in [6, 6.07) is -1.93. The minimum atomic E-state index is -2.27. The first-order valence-corrected chi connectivity index (χ1v) is 28.5. The summed E-state index contributed by atoms with van der Waals surface area (Å²) in [5.74, 6) is 0. The van der Waals surface area contributed by atoms with Crippen molar-refractivity contribution < 1.29 is 193 Å². The molecule has 42 nitrogen and oxygen atoms in total. The second-order valence-electron chi connectivity index (χ2n) is 22.7. The summed E-state index contributed by atoms with van der Waals surface area (Å²) >= 11 is 0. The Balaban J connectivity index is 0.990. The summed E-state index contributed by atoms with van der Waals surface area (Å²) in [6.45, 7) is -8.72. The first-order valence-electron chi connectivity index (χ1n) is 28.5. The lowest BCUT2D eigenvalue weighted by Gasteiger charge is -2.50. The molecule has 520 valence electrons. The zero-order chi connectivity index (χ0) is 65.5. The number of aliphatic hydroxyl groups excluding tert-OH is 23. The summed E-state index contributed by atoms with van der Waals surface area (Å²) in [6.07, 6.45) is -80.1. The van der Waals surface area contributed by atoms with Crippen LogP contribution in [0, 0.1) is 0 Å². The molecule has 0 unspecified atom stereocenters. The number of hydrogen-bond donors (Lipinski definition) is 23. The molecule has 0 saturated carbocycles. The van der Waals surface area contributed by atoms with Crippen LogP contribution in [0.1, 0.15) is 0 Å². The van der Waals surface area contributed by atoms with Crippen molar-refractivity contribution in [1.29, 1.82) is 0 Å². The van der Waals surface area contributed by atoms with Crippen LogP contribution in [0.2, 0.25) is 0 Å². The molecule has 30 fully saturated rings. The third-order valence-electron chi connectivity index (χ3n) is 17.1. The minimum absolute atomic E-state index is 1.08. The van der Waals surface area contributed by atoms with Crippen molar-refractivity contribution >= 4 is 0 Å². The van der Waals surface area contributed by atoms with Crippen molar-refractivity contribution in [2.45, 2.75) is 246 Å². The first kappa shape index (κ1) is 72.0. The van der Waals surface area contributed by atoms with Crippen molar-refractivity contribution in [3.63, 3.8) is 0 Å². The molecule has 30 heterocycles. The molecule has 0 aliphatic carbocycles. The Bertz CT molecular complexity index is 2280. The van der Waals surface area contributed by atoms with Gasteiger partial charge in [0.1, 0.15) is 189 Å². The van der Waals surface area contributed by atoms with Crippen molar-refractivity contribution in [3.05, 3.63) is 10.4 Å². The Hall–Kier alpha value is -2.25. The van der Waals surface area contributed by atoms with Crippen LogP contribution in [0.25, 0.3) is 10.4 Å². The van der Waals surface area contributed by atoms with Crippen LogP contribution in [0.15, 0.2) is 5.11 Å². The number of azide groups is 1. The van der Waals surface area contributed by atoms with Gasteiger partial charge in [0.25, 0.3) is 0 Å². The molecule has 30 rings (SSSR count). The highest BCUT2D eigenvalue weighted by Crippen LogP contribution is 2.40. The highest BCUT2D eigenvalue weighted by Gasteiger charge is 2.60. The monoisotopic (exact) mass is 1320 g/mol. The molecule has 30 aliphatic rings. The van der Waals surface area contributed by atoms with Gasteiger partial charge in [0, 0.05) is 4.91 Å². The molecule has 0 aromatic heterocycles. The van der Waals surface area contributed by atoms with E-state index in [0.717, 1.165) is 0 Å². The minimum Gasteiger partial charge on any atom is -0.394 e. The van der Waals surface area contributed by atoms with Crippen molar-refractivity contribution in [3.8, 4) is 0 Å². The lowest BCUT2D eigenvalue weighted by molar-refractivity contribution is -0.401. The van der Waals surface area contributed by atoms with Gasteiger partial charge in [0.2, 0.25) is 0 Å². The number of ether oxygens (including phenoxy) is 16. The van der Waals surface area contributed by atoms with E-state index in [9.17, 15) is 123 Å². The second kappa shape index (κ2) is 30.9. The smallest absolute Gasteiger partial charge is 0.187 e. The first-order chi connectivity index (χ1) is 42.9. The van der Waals surface area contributed by atoms with Crippen LogP contribution in [0.3, 0.4) is 0 Å². The van der Waals surface area contributed by atoms with E-state index < -0.39 is 298 Å². The van der Waals surface area contributed by atoms with Gasteiger partial charge in [-0.3, -0.25) is 0 Å². The predicted octanol–water partition coefficient (Wildman–Crippen LogP) is -16.1. The number of rotatable bonds is 9. The van der Waals surface area contributed by atoms with Gasteiger partial charge in [0.15, 0.2) is 50.3 Å². The van der Waals surface area contributed by atoms with E-state index in [0.29, 0.717) is 0 Å². The van der Waals surface area contributed by atoms with Gasteiger partial charge >= 0.3 is 0 Å². The van der Waals surface area contributed by atoms with E-state index in [2.05, 4.69) is 10.0 Å². The fourth-order valence-corrected chi connectivity index (χ4v) is 12.1. The summed E-state index contributed by atoms with van der Waals surface area (Å²) in [7, 11) is 0. The summed E-state index contributed by atoms with van der Waals surface area (Å²) in [4.78, 5) is 2.69. The topological polar surface area (TPSA) is 662 Å². The van der Waals surface area contributed by atoms with E-state index in [1.165, 1.54) is 0 Å². The largest absolute Gasteiger partial charge is 0.394 e. The van der Waals surface area contributed by atoms with Crippen molar-refractivity contribution in [1.82, 2.24) is 0 Å². The van der Waals surface area contributed by atoms with Gasteiger partial charge in [0.05, 0.1) is 58.9 Å². The summed E-state index contributed by atoms with van der Waals surface area (Å²) in [5, 5.41) is 258. The average Bonchev–Trinajstić information content (AvgIpc) is 0.791. The van der Waals surface area contributed by atoms with E-state index in [1.807, 2.05) is 0 Å². The maximum Gasteiger partial charge on any atom is 0.187 e. The van der Waals surface area contributed by atoms with Crippen LogP contribution in [0.4, 0.5) is 0 Å². The van der Waals surface area contributed by atoms with Gasteiger partial charge in [-0.05, 0) is 5.53 Å². The summed E-state index contributed by atoms with van der Waals surface area (Å²) in [5.41, 5.74) is 9.63. The average molecular weight is 1320 g/mol. The molecule has 40 atom stereocenters. The van der Waals surface area contributed by atoms with E-state index in [1.54, 1.807) is 0 Å². The molecular weight excluding hydrogens is 1240 g/mol. The molecular formula is C48H79N3O39. The molecule has 42 heteroatoms. The molecule has 30 saturated heterocycles. The number of aliphatic hydroxyl groups is 23. The standard InChI is InChI=1S/C48H79N3O39/c49-51-50-17-18(60)41-75-9(1-52)33(17)83-42-26(68)19(61)35(11(3-54)76-42)85-44-28(70)21(63)37(13(5-56)78-44)87-46-30(72)23(65)39(15(7-58)80-46)89-48-32(74)25(67)40(16(8-59)82-48)90-47-31(73)24(66)38(14(6-57)81-47)88-45-29(71)22(64)36(12(4-55)79-45)86-43-27(69)20(62)34(84-41)10(2-53)77-43/h9-48,52-74H,1-8H2/t9-,10-,11-,12-,13-,14-,15+,16-,17+,18+,19-,20-,21-,22-,23-,24-,25-,26-,27-,28-,29-,30-,31-,32-,33-,34-,35-,36-,37-,38-,39-,40-,41-,42-,43-,44-,45-,46-,47-,48-/m1/s1. The quantitative estimate of drug-likeness (QED) is 0.0579. The Labute approximate surface area is 506 Å². The van der Waals surface area contributed by atoms with Crippen LogP contribution >= 0.6 is 0 Å². The lowest BCUT2D eigenvalue weighted by atomic mass is 9.94. The fourth-order valence-electron chi connectivity index (χ4n) is 12.1. The molecule has 30 aliphatic heterocycles. The van der Waals surface area contributed by atoms with Gasteiger partial charge in [-0.25, -0.2) is 0 Å². The maximum absolute atomic E-state index is 11.6. The maximum atomic E-state index is 11.6. The molecule has 16 bridgehead atoms. The molecule has 0 radical (unpaired) electrons. The second-order valence-corrected chi connectivity index (χ2v) is 22.7. The van der Waals surface area contributed by atoms with Gasteiger partial charge < -0.3 is 193 Å². The predicted molar refractivity (Wildman–Crippen MR) is 268 cm³/mol. The van der Waals surface area contributed by atoms with Gasteiger partial charge in [-0.2, -0.15) is 0 Å². The Morgan fingerprint density at radius 2 is 0.356 bits per heavy atom. The molecule has 0 amide bonds. The third-order valence-corrected chi connectivity index (χ3v) is 17.1. The highest BCUT2D eigenvalue weighted by molar-refractivity contribution is 5.03. The normalized spacial score (nSPS) is 54.3. The third kappa shape index (κ3) is 14.1. The lowest BCUT2D eigenvalue weighted by Crippen LogP contribution is -2.69. The fraction of sp³-hybridized carbons (Fsp3) is 1.00. The zero-order valence-corrected chi connectivity index (χ0v) is 46.9.